The zero-order valence-corrected chi connectivity index (χ0v) is 9.70. The maximum Gasteiger partial charge on any atom is 0.229 e. The van der Waals surface area contributed by atoms with Gasteiger partial charge in [-0.25, -0.2) is 0 Å². The molecular weight excluding hydrogens is 192 g/mol. The molecule has 0 spiro atoms. The predicted octanol–water partition coefficient (Wildman–Crippen LogP) is 0.202. The Morgan fingerprint density at radius 1 is 1.67 bits per heavy atom. The van der Waals surface area contributed by atoms with Crippen LogP contribution in [0.25, 0.3) is 0 Å². The molecule has 0 aliphatic carbocycles. The highest BCUT2D eigenvalue weighted by atomic mass is 16.3. The van der Waals surface area contributed by atoms with Gasteiger partial charge in [0.1, 0.15) is 0 Å². The number of carbonyl (C=O) groups is 1. The summed E-state index contributed by atoms with van der Waals surface area (Å²) in [5, 5.41) is 9.02. The fourth-order valence-corrected chi connectivity index (χ4v) is 1.93. The Kier molecular flexibility index (Phi) is 4.11. The Morgan fingerprint density at radius 2 is 2.33 bits per heavy atom. The molecule has 0 aromatic rings. The fraction of sp³-hybridized carbons (Fsp3) is 0.909. The number of likely N-dealkylation sites (tertiary alicyclic amines) is 1. The summed E-state index contributed by atoms with van der Waals surface area (Å²) < 4.78 is 0. The molecule has 3 N–H and O–H groups in total. The molecule has 1 heterocycles. The number of nitrogens with zero attached hydrogens (tertiary/aromatic N) is 1. The van der Waals surface area contributed by atoms with Crippen molar-refractivity contribution >= 4 is 5.91 Å². The van der Waals surface area contributed by atoms with Gasteiger partial charge in [-0.1, -0.05) is 6.92 Å². The van der Waals surface area contributed by atoms with Gasteiger partial charge in [-0.3, -0.25) is 4.79 Å². The van der Waals surface area contributed by atoms with E-state index in [1.54, 1.807) is 0 Å². The average Bonchev–Trinajstić information content (AvgIpc) is 2.75. The van der Waals surface area contributed by atoms with Gasteiger partial charge in [-0.15, -0.1) is 0 Å². The third kappa shape index (κ3) is 2.49. The Balaban J connectivity index is 2.61. The van der Waals surface area contributed by atoms with Gasteiger partial charge < -0.3 is 15.7 Å². The van der Waals surface area contributed by atoms with Crippen molar-refractivity contribution in [2.45, 2.75) is 26.7 Å². The summed E-state index contributed by atoms with van der Waals surface area (Å²) in [6, 6.07) is 0. The summed E-state index contributed by atoms with van der Waals surface area (Å²) in [6.07, 6.45) is 1.68. The first kappa shape index (κ1) is 12.5. The van der Waals surface area contributed by atoms with Crippen molar-refractivity contribution in [1.82, 2.24) is 4.90 Å². The molecule has 1 aliphatic rings. The highest BCUT2D eigenvalue weighted by molar-refractivity contribution is 5.82. The Bertz CT molecular complexity index is 227. The number of hydrogen-bond donors (Lipinski definition) is 2. The maximum atomic E-state index is 12.2. The number of aliphatic hydroxyl groups excluding tert-OH is 1. The lowest BCUT2D eigenvalue weighted by molar-refractivity contribution is -0.140. The minimum Gasteiger partial charge on any atom is -0.396 e. The van der Waals surface area contributed by atoms with Crippen LogP contribution >= 0.6 is 0 Å². The molecule has 0 bridgehead atoms. The normalized spacial score (nSPS) is 25.3. The van der Waals surface area contributed by atoms with E-state index in [1.807, 2.05) is 18.7 Å². The summed E-state index contributed by atoms with van der Waals surface area (Å²) >= 11 is 0. The van der Waals surface area contributed by atoms with Crippen molar-refractivity contribution < 1.29 is 9.90 Å². The van der Waals surface area contributed by atoms with Crippen LogP contribution in [0, 0.1) is 11.3 Å². The van der Waals surface area contributed by atoms with Gasteiger partial charge in [-0.2, -0.15) is 0 Å². The first-order valence-corrected chi connectivity index (χ1v) is 5.67. The second kappa shape index (κ2) is 4.94. The smallest absolute Gasteiger partial charge is 0.229 e. The number of aliphatic hydroxyl groups is 1. The molecule has 0 aromatic carbocycles. The van der Waals surface area contributed by atoms with Gasteiger partial charge in [0.25, 0.3) is 0 Å². The fourth-order valence-electron chi connectivity index (χ4n) is 1.93. The molecular formula is C11H22N2O2. The van der Waals surface area contributed by atoms with E-state index in [1.165, 1.54) is 0 Å². The summed E-state index contributed by atoms with van der Waals surface area (Å²) in [4.78, 5) is 14.0. The lowest BCUT2D eigenvalue weighted by Gasteiger charge is -2.30. The molecule has 15 heavy (non-hydrogen) atoms. The van der Waals surface area contributed by atoms with Crippen LogP contribution in [0.15, 0.2) is 0 Å². The first-order chi connectivity index (χ1) is 7.07. The van der Waals surface area contributed by atoms with Crippen molar-refractivity contribution in [3.05, 3.63) is 0 Å². The highest BCUT2D eigenvalue weighted by Crippen LogP contribution is 2.26. The molecule has 1 saturated heterocycles. The third-order valence-electron chi connectivity index (χ3n) is 3.58. The van der Waals surface area contributed by atoms with Crippen molar-refractivity contribution in [3.8, 4) is 0 Å². The summed E-state index contributed by atoms with van der Waals surface area (Å²) in [7, 11) is 0. The Morgan fingerprint density at radius 3 is 2.73 bits per heavy atom. The molecule has 1 aliphatic heterocycles. The Hall–Kier alpha value is -0.610. The molecule has 1 amide bonds. The standard InChI is InChI=1S/C11H22N2O2/c1-3-11(2,8-12)10(15)13-5-4-9(6-13)7-14/h9,14H,3-8,12H2,1-2H3. The van der Waals surface area contributed by atoms with E-state index >= 15 is 0 Å². The van der Waals surface area contributed by atoms with Gasteiger partial charge in [0.05, 0.1) is 5.41 Å². The highest BCUT2D eigenvalue weighted by Gasteiger charge is 2.36. The van der Waals surface area contributed by atoms with E-state index in [9.17, 15) is 4.79 Å². The molecule has 1 rings (SSSR count). The van der Waals surface area contributed by atoms with Gasteiger partial charge in [-0.05, 0) is 19.8 Å². The molecule has 0 saturated carbocycles. The molecule has 0 aromatic heterocycles. The summed E-state index contributed by atoms with van der Waals surface area (Å²) in [5.74, 6) is 0.399. The van der Waals surface area contributed by atoms with Gasteiger partial charge in [0.2, 0.25) is 5.91 Å². The van der Waals surface area contributed by atoms with E-state index in [-0.39, 0.29) is 18.4 Å². The van der Waals surface area contributed by atoms with Gasteiger partial charge in [0.15, 0.2) is 0 Å². The van der Waals surface area contributed by atoms with Crippen LogP contribution in [0.2, 0.25) is 0 Å². The van der Waals surface area contributed by atoms with Crippen molar-refractivity contribution in [1.29, 1.82) is 0 Å². The van der Waals surface area contributed by atoms with E-state index in [0.717, 1.165) is 19.4 Å². The quantitative estimate of drug-likeness (QED) is 0.702. The van der Waals surface area contributed by atoms with E-state index in [2.05, 4.69) is 0 Å². The SMILES string of the molecule is CCC(C)(CN)C(=O)N1CCC(CO)C1. The van der Waals surface area contributed by atoms with Crippen LogP contribution in [0.3, 0.4) is 0 Å². The number of rotatable bonds is 4. The second-order valence-corrected chi connectivity index (χ2v) is 4.71. The molecule has 1 fully saturated rings. The van der Waals surface area contributed by atoms with E-state index in [4.69, 9.17) is 10.8 Å². The average molecular weight is 214 g/mol. The molecule has 4 heteroatoms. The van der Waals surface area contributed by atoms with Crippen LogP contribution < -0.4 is 5.73 Å². The minimum atomic E-state index is -0.426. The second-order valence-electron chi connectivity index (χ2n) is 4.71. The number of carbonyl (C=O) groups excluding carboxylic acids is 1. The monoisotopic (exact) mass is 214 g/mol. The van der Waals surface area contributed by atoms with Crippen LogP contribution in [-0.2, 0) is 4.79 Å². The summed E-state index contributed by atoms with van der Waals surface area (Å²) in [6.45, 7) is 5.93. The lowest BCUT2D eigenvalue weighted by atomic mass is 9.86. The molecule has 0 radical (unpaired) electrons. The molecule has 88 valence electrons. The van der Waals surface area contributed by atoms with Crippen molar-refractivity contribution in [2.75, 3.05) is 26.2 Å². The van der Waals surface area contributed by atoms with Crippen molar-refractivity contribution in [3.63, 3.8) is 0 Å². The maximum absolute atomic E-state index is 12.2. The van der Waals surface area contributed by atoms with Gasteiger partial charge in [0, 0.05) is 32.2 Å². The zero-order chi connectivity index (χ0) is 11.5. The Labute approximate surface area is 91.4 Å². The van der Waals surface area contributed by atoms with Crippen LogP contribution in [0.4, 0.5) is 0 Å². The van der Waals surface area contributed by atoms with E-state index < -0.39 is 5.41 Å². The minimum absolute atomic E-state index is 0.142. The lowest BCUT2D eigenvalue weighted by Crippen LogP contribution is -2.45. The topological polar surface area (TPSA) is 66.6 Å². The summed E-state index contributed by atoms with van der Waals surface area (Å²) in [5.41, 5.74) is 5.23. The van der Waals surface area contributed by atoms with Gasteiger partial charge >= 0.3 is 0 Å². The molecule has 2 unspecified atom stereocenters. The third-order valence-corrected chi connectivity index (χ3v) is 3.58. The molecule has 2 atom stereocenters. The van der Waals surface area contributed by atoms with Crippen LogP contribution in [0.1, 0.15) is 26.7 Å². The number of amides is 1. The zero-order valence-electron chi connectivity index (χ0n) is 9.70. The molecule has 4 nitrogen and oxygen atoms in total. The van der Waals surface area contributed by atoms with Crippen LogP contribution in [-0.4, -0.2) is 42.2 Å². The largest absolute Gasteiger partial charge is 0.396 e. The number of hydrogen-bond acceptors (Lipinski definition) is 3. The number of nitrogens with two attached hydrogens (primary N) is 1. The van der Waals surface area contributed by atoms with E-state index in [0.29, 0.717) is 13.1 Å². The predicted molar refractivity (Wildman–Crippen MR) is 59.2 cm³/mol. The first-order valence-electron chi connectivity index (χ1n) is 5.67. The van der Waals surface area contributed by atoms with Crippen molar-refractivity contribution in [2.24, 2.45) is 17.1 Å². The van der Waals surface area contributed by atoms with Crippen LogP contribution in [0.5, 0.6) is 0 Å².